The number of nitrogens with one attached hydrogen (secondary N) is 3. The minimum absolute atomic E-state index is 0.101. The Bertz CT molecular complexity index is 771. The number of carbonyl (C=O) groups is 1. The number of hydrogen-bond acceptors (Lipinski definition) is 5. The van der Waals surface area contributed by atoms with E-state index in [1.54, 1.807) is 31.4 Å². The standard InChI is InChI=1S/C19H22ClN3O3/c1-26-13-6-4-5-12(9-13)18-15(10-22-23-18)19(25)21-11-17(24)14-7-2-3-8-16(14)20/h2-9,15,17-18,22-24H,10-11H2,1H3,(H,21,25). The van der Waals surface area contributed by atoms with Gasteiger partial charge in [-0.2, -0.15) is 0 Å². The van der Waals surface area contributed by atoms with Crippen molar-refractivity contribution in [3.8, 4) is 5.75 Å². The molecule has 3 unspecified atom stereocenters. The minimum Gasteiger partial charge on any atom is -0.497 e. The highest BCUT2D eigenvalue weighted by Gasteiger charge is 2.34. The predicted molar refractivity (Wildman–Crippen MR) is 99.8 cm³/mol. The molecule has 1 amide bonds. The van der Waals surface area contributed by atoms with Crippen LogP contribution in [0.5, 0.6) is 5.75 Å². The fraction of sp³-hybridized carbons (Fsp3) is 0.316. The van der Waals surface area contributed by atoms with Crippen molar-refractivity contribution in [3.05, 3.63) is 64.7 Å². The number of rotatable bonds is 6. The average molecular weight is 376 g/mol. The summed E-state index contributed by atoms with van der Waals surface area (Å²) in [6.07, 6.45) is -0.856. The van der Waals surface area contributed by atoms with E-state index in [0.717, 1.165) is 11.3 Å². The first-order valence-corrected chi connectivity index (χ1v) is 8.80. The van der Waals surface area contributed by atoms with Gasteiger partial charge in [0.1, 0.15) is 5.75 Å². The van der Waals surface area contributed by atoms with Crippen molar-refractivity contribution in [2.45, 2.75) is 12.1 Å². The number of aliphatic hydroxyl groups is 1. The summed E-state index contributed by atoms with van der Waals surface area (Å²) in [6.45, 7) is 0.597. The van der Waals surface area contributed by atoms with Crippen molar-refractivity contribution in [2.24, 2.45) is 5.92 Å². The fourth-order valence-corrected chi connectivity index (χ4v) is 3.34. The lowest BCUT2D eigenvalue weighted by Crippen LogP contribution is -2.37. The van der Waals surface area contributed by atoms with Gasteiger partial charge in [-0.05, 0) is 23.8 Å². The second kappa shape index (κ2) is 8.51. The lowest BCUT2D eigenvalue weighted by Gasteiger charge is -2.20. The van der Waals surface area contributed by atoms with Crippen molar-refractivity contribution in [3.63, 3.8) is 0 Å². The van der Waals surface area contributed by atoms with Gasteiger partial charge in [0.05, 0.1) is 25.2 Å². The van der Waals surface area contributed by atoms with Gasteiger partial charge in [-0.1, -0.05) is 41.9 Å². The van der Waals surface area contributed by atoms with Crippen LogP contribution in [-0.2, 0) is 4.79 Å². The van der Waals surface area contributed by atoms with Crippen molar-refractivity contribution in [1.29, 1.82) is 0 Å². The predicted octanol–water partition coefficient (Wildman–Crippen LogP) is 1.96. The Hall–Kier alpha value is -2.12. The Balaban J connectivity index is 1.64. The molecule has 2 aromatic rings. The topological polar surface area (TPSA) is 82.6 Å². The highest BCUT2D eigenvalue weighted by molar-refractivity contribution is 6.31. The zero-order valence-electron chi connectivity index (χ0n) is 14.4. The maximum Gasteiger partial charge on any atom is 0.226 e. The SMILES string of the molecule is COc1cccc(C2NNCC2C(=O)NCC(O)c2ccccc2Cl)c1. The van der Waals surface area contributed by atoms with Crippen LogP contribution in [0.15, 0.2) is 48.5 Å². The molecule has 6 nitrogen and oxygen atoms in total. The van der Waals surface area contributed by atoms with E-state index in [0.29, 0.717) is 17.1 Å². The normalized spacial score (nSPS) is 20.6. The van der Waals surface area contributed by atoms with Crippen LogP contribution in [0.3, 0.4) is 0 Å². The number of aliphatic hydroxyl groups excluding tert-OH is 1. The number of amides is 1. The van der Waals surface area contributed by atoms with Crippen molar-refractivity contribution in [1.82, 2.24) is 16.2 Å². The van der Waals surface area contributed by atoms with Gasteiger partial charge in [0, 0.05) is 23.7 Å². The molecule has 26 heavy (non-hydrogen) atoms. The molecule has 7 heteroatoms. The molecular weight excluding hydrogens is 354 g/mol. The molecule has 2 aromatic carbocycles. The first kappa shape index (κ1) is 18.7. The maximum absolute atomic E-state index is 12.6. The Kier molecular flexibility index (Phi) is 6.11. The minimum atomic E-state index is -0.856. The molecule has 1 aliphatic rings. The molecule has 0 saturated carbocycles. The molecular formula is C19H22ClN3O3. The van der Waals surface area contributed by atoms with Gasteiger partial charge in [-0.15, -0.1) is 0 Å². The monoisotopic (exact) mass is 375 g/mol. The van der Waals surface area contributed by atoms with E-state index in [4.69, 9.17) is 16.3 Å². The second-order valence-electron chi connectivity index (χ2n) is 6.17. The number of hydrazine groups is 1. The van der Waals surface area contributed by atoms with Crippen LogP contribution in [0, 0.1) is 5.92 Å². The van der Waals surface area contributed by atoms with Gasteiger partial charge in [0.15, 0.2) is 0 Å². The number of carbonyl (C=O) groups excluding carboxylic acids is 1. The van der Waals surface area contributed by atoms with Gasteiger partial charge in [0.25, 0.3) is 0 Å². The molecule has 1 heterocycles. The summed E-state index contributed by atoms with van der Waals surface area (Å²) in [5.74, 6) is 0.298. The highest BCUT2D eigenvalue weighted by atomic mass is 35.5. The lowest BCUT2D eigenvalue weighted by molar-refractivity contribution is -0.125. The van der Waals surface area contributed by atoms with Crippen LogP contribution in [0.2, 0.25) is 5.02 Å². The third-order valence-electron chi connectivity index (χ3n) is 4.51. The van der Waals surface area contributed by atoms with Gasteiger partial charge in [-0.25, -0.2) is 5.43 Å². The maximum atomic E-state index is 12.6. The smallest absolute Gasteiger partial charge is 0.226 e. The number of halogens is 1. The van der Waals surface area contributed by atoms with Gasteiger partial charge < -0.3 is 15.2 Å². The van der Waals surface area contributed by atoms with Crippen LogP contribution in [0.1, 0.15) is 23.3 Å². The molecule has 4 N–H and O–H groups in total. The molecule has 138 valence electrons. The average Bonchev–Trinajstić information content (AvgIpc) is 3.16. The van der Waals surface area contributed by atoms with Crippen molar-refractivity contribution < 1.29 is 14.6 Å². The summed E-state index contributed by atoms with van der Waals surface area (Å²) in [6, 6.07) is 14.5. The van der Waals surface area contributed by atoms with E-state index in [2.05, 4.69) is 16.2 Å². The van der Waals surface area contributed by atoms with Gasteiger partial charge >= 0.3 is 0 Å². The number of benzene rings is 2. The molecule has 0 bridgehead atoms. The summed E-state index contributed by atoms with van der Waals surface area (Å²) in [4.78, 5) is 12.6. The van der Waals surface area contributed by atoms with Crippen LogP contribution in [0.4, 0.5) is 0 Å². The molecule has 1 saturated heterocycles. The largest absolute Gasteiger partial charge is 0.497 e. The van der Waals surface area contributed by atoms with Crippen molar-refractivity contribution in [2.75, 3.05) is 20.2 Å². The summed E-state index contributed by atoms with van der Waals surface area (Å²) < 4.78 is 5.25. The van der Waals surface area contributed by atoms with Gasteiger partial charge in [-0.3, -0.25) is 10.2 Å². The molecule has 1 fully saturated rings. The van der Waals surface area contributed by atoms with E-state index < -0.39 is 6.10 Å². The number of hydrogen-bond donors (Lipinski definition) is 4. The Morgan fingerprint density at radius 3 is 2.92 bits per heavy atom. The second-order valence-corrected chi connectivity index (χ2v) is 6.58. The van der Waals surface area contributed by atoms with Crippen LogP contribution in [-0.4, -0.2) is 31.2 Å². The third-order valence-corrected chi connectivity index (χ3v) is 4.85. The highest BCUT2D eigenvalue weighted by Crippen LogP contribution is 2.28. The molecule has 0 spiro atoms. The molecule has 1 aliphatic heterocycles. The first-order valence-electron chi connectivity index (χ1n) is 8.42. The van der Waals surface area contributed by atoms with Gasteiger partial charge in [0.2, 0.25) is 5.91 Å². The number of methoxy groups -OCH3 is 1. The lowest BCUT2D eigenvalue weighted by atomic mass is 9.94. The molecule has 0 radical (unpaired) electrons. The van der Waals surface area contributed by atoms with E-state index >= 15 is 0 Å². The Morgan fingerprint density at radius 1 is 1.35 bits per heavy atom. The van der Waals surface area contributed by atoms with Crippen LogP contribution in [0.25, 0.3) is 0 Å². The van der Waals surface area contributed by atoms with Crippen molar-refractivity contribution >= 4 is 17.5 Å². The van der Waals surface area contributed by atoms with E-state index in [-0.39, 0.29) is 24.4 Å². The Labute approximate surface area is 157 Å². The zero-order valence-corrected chi connectivity index (χ0v) is 15.2. The van der Waals surface area contributed by atoms with E-state index in [1.165, 1.54) is 0 Å². The zero-order chi connectivity index (χ0) is 18.5. The molecule has 0 aliphatic carbocycles. The van der Waals surface area contributed by atoms with Crippen LogP contribution < -0.4 is 20.9 Å². The summed E-state index contributed by atoms with van der Waals surface area (Å²) in [7, 11) is 1.61. The van der Waals surface area contributed by atoms with Crippen LogP contribution >= 0.6 is 11.6 Å². The number of ether oxygens (including phenoxy) is 1. The molecule has 0 aromatic heterocycles. The summed E-state index contributed by atoms with van der Waals surface area (Å²) in [5.41, 5.74) is 7.72. The summed E-state index contributed by atoms with van der Waals surface area (Å²) in [5, 5.41) is 13.6. The quantitative estimate of drug-likeness (QED) is 0.620. The molecule has 3 atom stereocenters. The third kappa shape index (κ3) is 4.16. The molecule has 3 rings (SSSR count). The van der Waals surface area contributed by atoms with E-state index in [9.17, 15) is 9.90 Å². The first-order chi connectivity index (χ1) is 12.6. The van der Waals surface area contributed by atoms with E-state index in [1.807, 2.05) is 24.3 Å². The Morgan fingerprint density at radius 2 is 2.15 bits per heavy atom. The summed E-state index contributed by atoms with van der Waals surface area (Å²) >= 11 is 6.09. The fourth-order valence-electron chi connectivity index (χ4n) is 3.08.